The average molecular weight is 205 g/mol. The summed E-state index contributed by atoms with van der Waals surface area (Å²) in [6.07, 6.45) is 0.592. The minimum atomic E-state index is -0.488. The highest BCUT2D eigenvalue weighted by Gasteiger charge is 2.31. The summed E-state index contributed by atoms with van der Waals surface area (Å²) in [7, 11) is 0. The highest BCUT2D eigenvalue weighted by atomic mass is 16.3. The minimum Gasteiger partial charge on any atom is -0.390 e. The van der Waals surface area contributed by atoms with E-state index in [1.807, 2.05) is 31.2 Å². The number of carbonyl (C=O) groups is 1. The highest BCUT2D eigenvalue weighted by Crippen LogP contribution is 2.31. The van der Waals surface area contributed by atoms with E-state index in [1.54, 1.807) is 0 Å². The van der Waals surface area contributed by atoms with Crippen LogP contribution in [0.3, 0.4) is 0 Å². The first kappa shape index (κ1) is 10.2. The summed E-state index contributed by atoms with van der Waals surface area (Å²) in [5.41, 5.74) is 2.18. The van der Waals surface area contributed by atoms with Crippen molar-refractivity contribution in [3.05, 3.63) is 35.4 Å². The largest absolute Gasteiger partial charge is 0.390 e. The van der Waals surface area contributed by atoms with E-state index in [-0.39, 0.29) is 11.9 Å². The Kier molecular flexibility index (Phi) is 2.73. The zero-order valence-electron chi connectivity index (χ0n) is 8.73. The zero-order valence-corrected chi connectivity index (χ0v) is 8.73. The molecule has 15 heavy (non-hydrogen) atoms. The van der Waals surface area contributed by atoms with Gasteiger partial charge in [-0.3, -0.25) is 4.79 Å². The number of carbonyl (C=O) groups excluding carboxylic acids is 1. The Labute approximate surface area is 89.1 Å². The monoisotopic (exact) mass is 205 g/mol. The van der Waals surface area contributed by atoms with Gasteiger partial charge in [-0.15, -0.1) is 0 Å². The summed E-state index contributed by atoms with van der Waals surface area (Å²) in [6, 6.07) is 7.62. The van der Waals surface area contributed by atoms with Crippen molar-refractivity contribution in [3.8, 4) is 0 Å². The van der Waals surface area contributed by atoms with Gasteiger partial charge in [0, 0.05) is 12.8 Å². The van der Waals surface area contributed by atoms with Crippen LogP contribution in [0.15, 0.2) is 24.3 Å². The van der Waals surface area contributed by atoms with Gasteiger partial charge in [-0.25, -0.2) is 0 Å². The van der Waals surface area contributed by atoms with Crippen LogP contribution in [0.4, 0.5) is 0 Å². The topological polar surface area (TPSA) is 49.3 Å². The van der Waals surface area contributed by atoms with Gasteiger partial charge in [-0.2, -0.15) is 0 Å². The molecule has 0 spiro atoms. The maximum absolute atomic E-state index is 11.3. The van der Waals surface area contributed by atoms with Crippen LogP contribution < -0.4 is 5.32 Å². The molecule has 0 bridgehead atoms. The number of hydrogen-bond acceptors (Lipinski definition) is 2. The van der Waals surface area contributed by atoms with Gasteiger partial charge in [0.2, 0.25) is 5.91 Å². The first-order chi connectivity index (χ1) is 7.22. The predicted molar refractivity (Wildman–Crippen MR) is 57.3 cm³/mol. The van der Waals surface area contributed by atoms with Gasteiger partial charge in [0.15, 0.2) is 0 Å². The summed E-state index contributed by atoms with van der Waals surface area (Å²) in [6.45, 7) is 1.81. The normalized spacial score (nSPS) is 23.6. The second-order valence-corrected chi connectivity index (χ2v) is 3.87. The summed E-state index contributed by atoms with van der Waals surface area (Å²) < 4.78 is 0. The van der Waals surface area contributed by atoms with Crippen molar-refractivity contribution in [1.29, 1.82) is 0 Å². The molecule has 0 aromatic heterocycles. The van der Waals surface area contributed by atoms with Gasteiger partial charge in [0.05, 0.1) is 12.1 Å². The minimum absolute atomic E-state index is 0.0178. The van der Waals surface area contributed by atoms with E-state index in [4.69, 9.17) is 0 Å². The van der Waals surface area contributed by atoms with Crippen molar-refractivity contribution in [1.82, 2.24) is 5.32 Å². The lowest BCUT2D eigenvalue weighted by molar-refractivity contribution is -0.122. The van der Waals surface area contributed by atoms with Crippen molar-refractivity contribution < 1.29 is 9.90 Å². The molecule has 2 atom stereocenters. The Morgan fingerprint density at radius 2 is 2.27 bits per heavy atom. The molecular formula is C12H15NO2. The van der Waals surface area contributed by atoms with Crippen LogP contribution in [-0.2, 0) is 11.2 Å². The molecule has 2 rings (SSSR count). The highest BCUT2D eigenvalue weighted by molar-refractivity contribution is 5.76. The maximum atomic E-state index is 11.3. The molecule has 0 fully saturated rings. The summed E-state index contributed by atoms with van der Waals surface area (Å²) in [5.74, 6) is -0.0178. The van der Waals surface area contributed by atoms with Crippen LogP contribution in [0.25, 0.3) is 0 Å². The fraction of sp³-hybridized carbons (Fsp3) is 0.417. The Bertz CT molecular complexity index is 376. The molecule has 0 saturated heterocycles. The second kappa shape index (κ2) is 4.03. The van der Waals surface area contributed by atoms with Gasteiger partial charge >= 0.3 is 0 Å². The zero-order chi connectivity index (χ0) is 10.8. The van der Waals surface area contributed by atoms with E-state index in [0.717, 1.165) is 11.1 Å². The molecule has 0 radical (unpaired) electrons. The molecule has 3 heteroatoms. The average Bonchev–Trinajstić information content (AvgIpc) is 2.55. The lowest BCUT2D eigenvalue weighted by Crippen LogP contribution is -2.33. The number of aliphatic hydroxyl groups is 1. The molecular weight excluding hydrogens is 190 g/mol. The fourth-order valence-electron chi connectivity index (χ4n) is 2.02. The Morgan fingerprint density at radius 3 is 3.00 bits per heavy atom. The van der Waals surface area contributed by atoms with Crippen molar-refractivity contribution in [3.63, 3.8) is 0 Å². The van der Waals surface area contributed by atoms with E-state index in [1.165, 1.54) is 0 Å². The number of hydrogen-bond donors (Lipinski definition) is 2. The number of benzene rings is 1. The van der Waals surface area contributed by atoms with Crippen LogP contribution in [0.5, 0.6) is 0 Å². The molecule has 2 unspecified atom stereocenters. The molecule has 1 amide bonds. The smallest absolute Gasteiger partial charge is 0.220 e. The number of rotatable bonds is 2. The number of amides is 1. The molecule has 0 heterocycles. The molecule has 1 aliphatic rings. The molecule has 2 N–H and O–H groups in total. The van der Waals surface area contributed by atoms with E-state index >= 15 is 0 Å². The van der Waals surface area contributed by atoms with Gasteiger partial charge < -0.3 is 10.4 Å². The maximum Gasteiger partial charge on any atom is 0.220 e. The van der Waals surface area contributed by atoms with E-state index in [9.17, 15) is 9.90 Å². The Hall–Kier alpha value is -1.35. The number of fused-ring (bicyclic) bond motifs is 1. The summed E-state index contributed by atoms with van der Waals surface area (Å²) in [5, 5.41) is 12.7. The van der Waals surface area contributed by atoms with Crippen LogP contribution >= 0.6 is 0 Å². The van der Waals surface area contributed by atoms with Crippen molar-refractivity contribution in [2.75, 3.05) is 0 Å². The van der Waals surface area contributed by atoms with Crippen LogP contribution in [0, 0.1) is 0 Å². The van der Waals surface area contributed by atoms with Gasteiger partial charge in [0.25, 0.3) is 0 Å². The van der Waals surface area contributed by atoms with Crippen LogP contribution in [0.2, 0.25) is 0 Å². The third kappa shape index (κ3) is 1.88. The van der Waals surface area contributed by atoms with Gasteiger partial charge in [-0.1, -0.05) is 31.2 Å². The van der Waals surface area contributed by atoms with E-state index in [2.05, 4.69) is 5.32 Å². The number of nitrogens with one attached hydrogen (secondary N) is 1. The standard InChI is InChI=1S/C12H15NO2/c1-2-11(15)13-12-9-6-4-3-5-8(9)7-10(12)14/h3-6,10,12,14H,2,7H2,1H3,(H,13,15). The quantitative estimate of drug-likeness (QED) is 0.761. The molecule has 80 valence electrons. The summed E-state index contributed by atoms with van der Waals surface area (Å²) in [4.78, 5) is 11.3. The second-order valence-electron chi connectivity index (χ2n) is 3.87. The first-order valence-corrected chi connectivity index (χ1v) is 5.27. The number of aliphatic hydroxyl groups excluding tert-OH is 1. The molecule has 1 aromatic carbocycles. The molecule has 1 aliphatic carbocycles. The van der Waals surface area contributed by atoms with Crippen molar-refractivity contribution in [2.24, 2.45) is 0 Å². The van der Waals surface area contributed by atoms with E-state index in [0.29, 0.717) is 12.8 Å². The lowest BCUT2D eigenvalue weighted by atomic mass is 10.1. The molecule has 1 aromatic rings. The van der Waals surface area contributed by atoms with Gasteiger partial charge in [0.1, 0.15) is 0 Å². The van der Waals surface area contributed by atoms with Crippen LogP contribution in [0.1, 0.15) is 30.5 Å². The third-order valence-electron chi connectivity index (χ3n) is 2.84. The molecule has 0 aliphatic heterocycles. The Balaban J connectivity index is 2.22. The Morgan fingerprint density at radius 1 is 1.53 bits per heavy atom. The van der Waals surface area contributed by atoms with Crippen molar-refractivity contribution in [2.45, 2.75) is 31.9 Å². The lowest BCUT2D eigenvalue weighted by Gasteiger charge is -2.17. The van der Waals surface area contributed by atoms with Crippen LogP contribution in [-0.4, -0.2) is 17.1 Å². The third-order valence-corrected chi connectivity index (χ3v) is 2.84. The van der Waals surface area contributed by atoms with Crippen molar-refractivity contribution >= 4 is 5.91 Å². The van der Waals surface area contributed by atoms with Gasteiger partial charge in [-0.05, 0) is 11.1 Å². The SMILES string of the molecule is CCC(=O)NC1c2ccccc2CC1O. The fourth-order valence-corrected chi connectivity index (χ4v) is 2.02. The van der Waals surface area contributed by atoms with E-state index < -0.39 is 6.10 Å². The predicted octanol–water partition coefficient (Wildman–Crippen LogP) is 1.17. The first-order valence-electron chi connectivity index (χ1n) is 5.27. The summed E-state index contributed by atoms with van der Waals surface area (Å²) >= 11 is 0. The molecule has 3 nitrogen and oxygen atoms in total. The molecule has 0 saturated carbocycles.